The number of phenols is 1. The molecule has 1 heterocycles. The highest BCUT2D eigenvalue weighted by Crippen LogP contribution is 2.22. The molecule has 0 bridgehead atoms. The van der Waals surface area contributed by atoms with E-state index in [0.717, 1.165) is 28.8 Å². The lowest BCUT2D eigenvalue weighted by atomic mass is 10.0. The number of amides is 1. The molecule has 21 heavy (non-hydrogen) atoms. The molecular weight excluding hydrogens is 379 g/mol. The lowest BCUT2D eigenvalue weighted by Gasteiger charge is -2.18. The Balaban J connectivity index is 1.79. The molecule has 1 aliphatic rings. The van der Waals surface area contributed by atoms with Crippen molar-refractivity contribution in [1.29, 1.82) is 0 Å². The molecule has 3 N–H and O–H groups in total. The third-order valence-corrected chi connectivity index (χ3v) is 4.47. The van der Waals surface area contributed by atoms with Gasteiger partial charge in [-0.3, -0.25) is 4.79 Å². The molecule has 0 atom stereocenters. The average Bonchev–Trinajstić information content (AvgIpc) is 2.50. The second-order valence-electron chi connectivity index (χ2n) is 5.03. The summed E-state index contributed by atoms with van der Waals surface area (Å²) in [6.07, 6.45) is 1.02. The highest BCUT2D eigenvalue weighted by Gasteiger charge is 2.12. The maximum atomic E-state index is 12.2. The van der Waals surface area contributed by atoms with Crippen molar-refractivity contribution in [1.82, 2.24) is 5.32 Å². The Kier molecular flexibility index (Phi) is 4.12. The predicted octanol–water partition coefficient (Wildman–Crippen LogP) is 2.89. The molecule has 1 amide bonds. The van der Waals surface area contributed by atoms with Gasteiger partial charge in [-0.05, 0) is 77.0 Å². The number of carbonyl (C=O) groups excluding carboxylic acids is 1. The van der Waals surface area contributed by atoms with E-state index >= 15 is 0 Å². The molecule has 4 nitrogen and oxygen atoms in total. The first-order chi connectivity index (χ1) is 10.1. The minimum Gasteiger partial charge on any atom is -0.507 e. The van der Waals surface area contributed by atoms with Crippen LogP contribution in [0.4, 0.5) is 5.69 Å². The summed E-state index contributed by atoms with van der Waals surface area (Å²) in [7, 11) is 0. The summed E-state index contributed by atoms with van der Waals surface area (Å²) in [6, 6.07) is 10.9. The van der Waals surface area contributed by atoms with E-state index in [2.05, 4.69) is 16.7 Å². The van der Waals surface area contributed by atoms with Gasteiger partial charge in [-0.25, -0.2) is 0 Å². The molecule has 0 aliphatic carbocycles. The predicted molar refractivity (Wildman–Crippen MR) is 90.6 cm³/mol. The summed E-state index contributed by atoms with van der Waals surface area (Å²) in [5.74, 6) is -0.0942. The first kappa shape index (κ1) is 14.3. The van der Waals surface area contributed by atoms with Crippen LogP contribution in [0.2, 0.25) is 0 Å². The SMILES string of the molecule is O=C(Nc1ccc2c(c1)CNCC2)c1ccc(I)c(O)c1. The minimum atomic E-state index is -0.217. The van der Waals surface area contributed by atoms with E-state index in [-0.39, 0.29) is 11.7 Å². The van der Waals surface area contributed by atoms with Crippen LogP contribution >= 0.6 is 22.6 Å². The number of phenolic OH excluding ortho intramolecular Hbond substituents is 1. The number of hydrogen-bond acceptors (Lipinski definition) is 3. The van der Waals surface area contributed by atoms with Gasteiger partial charge >= 0.3 is 0 Å². The van der Waals surface area contributed by atoms with E-state index in [0.29, 0.717) is 5.56 Å². The van der Waals surface area contributed by atoms with Gasteiger partial charge < -0.3 is 15.7 Å². The van der Waals surface area contributed by atoms with Crippen molar-refractivity contribution in [3.05, 3.63) is 56.7 Å². The molecule has 0 saturated heterocycles. The van der Waals surface area contributed by atoms with Crippen molar-refractivity contribution in [2.75, 3.05) is 11.9 Å². The van der Waals surface area contributed by atoms with Crippen molar-refractivity contribution in [3.8, 4) is 5.75 Å². The van der Waals surface area contributed by atoms with Crippen molar-refractivity contribution in [2.45, 2.75) is 13.0 Å². The Hall–Kier alpha value is -1.60. The number of rotatable bonds is 2. The van der Waals surface area contributed by atoms with Crippen LogP contribution in [0.15, 0.2) is 36.4 Å². The Bertz CT molecular complexity index is 701. The van der Waals surface area contributed by atoms with Gasteiger partial charge in [0.05, 0.1) is 3.57 Å². The zero-order valence-corrected chi connectivity index (χ0v) is 13.5. The number of fused-ring (bicyclic) bond motifs is 1. The zero-order chi connectivity index (χ0) is 14.8. The third-order valence-electron chi connectivity index (χ3n) is 3.56. The standard InChI is InChI=1S/C16H15IN2O2/c17-14-4-2-11(8-15(14)20)16(21)19-13-3-1-10-5-6-18-9-12(10)7-13/h1-4,7-8,18,20H,5-6,9H2,(H,19,21). The summed E-state index contributed by atoms with van der Waals surface area (Å²) < 4.78 is 0.726. The van der Waals surface area contributed by atoms with Crippen molar-refractivity contribution in [3.63, 3.8) is 0 Å². The first-order valence-corrected chi connectivity index (χ1v) is 7.84. The van der Waals surface area contributed by atoms with E-state index in [1.54, 1.807) is 12.1 Å². The van der Waals surface area contributed by atoms with E-state index in [1.807, 2.05) is 34.7 Å². The molecule has 2 aromatic carbocycles. The summed E-state index contributed by atoms with van der Waals surface area (Å²) in [5, 5.41) is 15.9. The molecule has 5 heteroatoms. The first-order valence-electron chi connectivity index (χ1n) is 6.76. The van der Waals surface area contributed by atoms with E-state index in [4.69, 9.17) is 0 Å². The quantitative estimate of drug-likeness (QED) is 0.687. The van der Waals surface area contributed by atoms with Crippen molar-refractivity contribution >= 4 is 34.2 Å². The van der Waals surface area contributed by atoms with Gasteiger partial charge in [-0.1, -0.05) is 6.07 Å². The monoisotopic (exact) mass is 394 g/mol. The molecular formula is C16H15IN2O2. The Morgan fingerprint density at radius 2 is 2.05 bits per heavy atom. The highest BCUT2D eigenvalue weighted by molar-refractivity contribution is 14.1. The lowest BCUT2D eigenvalue weighted by molar-refractivity contribution is 0.102. The van der Waals surface area contributed by atoms with Crippen LogP contribution in [0.25, 0.3) is 0 Å². The second kappa shape index (κ2) is 6.03. The average molecular weight is 394 g/mol. The van der Waals surface area contributed by atoms with Gasteiger partial charge in [-0.2, -0.15) is 0 Å². The normalized spacial score (nSPS) is 13.6. The highest BCUT2D eigenvalue weighted by atomic mass is 127. The topological polar surface area (TPSA) is 61.4 Å². The minimum absolute atomic E-state index is 0.123. The van der Waals surface area contributed by atoms with Crippen LogP contribution in [-0.2, 0) is 13.0 Å². The van der Waals surface area contributed by atoms with Crippen molar-refractivity contribution in [2.24, 2.45) is 0 Å². The number of anilines is 1. The van der Waals surface area contributed by atoms with Crippen LogP contribution in [0.3, 0.4) is 0 Å². The fraction of sp³-hybridized carbons (Fsp3) is 0.188. The molecule has 0 fully saturated rings. The molecule has 0 radical (unpaired) electrons. The number of aromatic hydroxyl groups is 1. The number of hydrogen-bond donors (Lipinski definition) is 3. The molecule has 2 aromatic rings. The van der Waals surface area contributed by atoms with E-state index in [9.17, 15) is 9.90 Å². The Labute approximate surface area is 136 Å². The van der Waals surface area contributed by atoms with Crippen LogP contribution < -0.4 is 10.6 Å². The summed E-state index contributed by atoms with van der Waals surface area (Å²) in [6.45, 7) is 1.84. The largest absolute Gasteiger partial charge is 0.507 e. The van der Waals surface area contributed by atoms with Crippen LogP contribution in [0.1, 0.15) is 21.5 Å². The third kappa shape index (κ3) is 3.19. The van der Waals surface area contributed by atoms with Crippen LogP contribution in [0, 0.1) is 3.57 Å². The molecule has 108 valence electrons. The lowest BCUT2D eigenvalue weighted by Crippen LogP contribution is -2.23. The van der Waals surface area contributed by atoms with Gasteiger partial charge in [0.2, 0.25) is 0 Å². The molecule has 0 spiro atoms. The van der Waals surface area contributed by atoms with Gasteiger partial charge in [0, 0.05) is 17.8 Å². The van der Waals surface area contributed by atoms with Gasteiger partial charge in [0.1, 0.15) is 5.75 Å². The summed E-state index contributed by atoms with van der Waals surface area (Å²) in [5.41, 5.74) is 3.78. The Morgan fingerprint density at radius 3 is 2.86 bits per heavy atom. The fourth-order valence-electron chi connectivity index (χ4n) is 2.42. The number of benzene rings is 2. The number of nitrogens with one attached hydrogen (secondary N) is 2. The molecule has 0 unspecified atom stereocenters. The maximum Gasteiger partial charge on any atom is 0.255 e. The summed E-state index contributed by atoms with van der Waals surface area (Å²) in [4.78, 5) is 12.2. The van der Waals surface area contributed by atoms with Gasteiger partial charge in [0.15, 0.2) is 0 Å². The van der Waals surface area contributed by atoms with Crippen molar-refractivity contribution < 1.29 is 9.90 Å². The van der Waals surface area contributed by atoms with E-state index in [1.165, 1.54) is 17.2 Å². The van der Waals surface area contributed by atoms with Gasteiger partial charge in [0.25, 0.3) is 5.91 Å². The Morgan fingerprint density at radius 1 is 1.19 bits per heavy atom. The molecule has 3 rings (SSSR count). The zero-order valence-electron chi connectivity index (χ0n) is 11.3. The fourth-order valence-corrected chi connectivity index (χ4v) is 2.75. The maximum absolute atomic E-state index is 12.2. The van der Waals surface area contributed by atoms with Gasteiger partial charge in [-0.15, -0.1) is 0 Å². The van der Waals surface area contributed by atoms with Crippen LogP contribution in [0.5, 0.6) is 5.75 Å². The van der Waals surface area contributed by atoms with E-state index < -0.39 is 0 Å². The smallest absolute Gasteiger partial charge is 0.255 e. The second-order valence-corrected chi connectivity index (χ2v) is 6.19. The number of carbonyl (C=O) groups is 1. The number of halogens is 1. The van der Waals surface area contributed by atoms with Crippen LogP contribution in [-0.4, -0.2) is 17.6 Å². The molecule has 1 aliphatic heterocycles. The summed E-state index contributed by atoms with van der Waals surface area (Å²) >= 11 is 2.02. The molecule has 0 aromatic heterocycles. The molecule has 0 saturated carbocycles.